The Labute approximate surface area is 166 Å². The van der Waals surface area contributed by atoms with Gasteiger partial charge < -0.3 is 15.5 Å². The third-order valence-electron chi connectivity index (χ3n) is 5.79. The van der Waals surface area contributed by atoms with E-state index in [-0.39, 0.29) is 6.10 Å². The summed E-state index contributed by atoms with van der Waals surface area (Å²) >= 11 is 0. The molecule has 1 aromatic heterocycles. The molecule has 2 heterocycles. The lowest BCUT2D eigenvalue weighted by Gasteiger charge is -2.31. The summed E-state index contributed by atoms with van der Waals surface area (Å²) in [7, 11) is 0. The molecule has 2 aliphatic rings. The number of nitrogen functional groups attached to an aromatic ring is 1. The van der Waals surface area contributed by atoms with Gasteiger partial charge in [0.2, 0.25) is 5.95 Å². The molecule has 0 bridgehead atoms. The van der Waals surface area contributed by atoms with Gasteiger partial charge in [0.05, 0.1) is 5.71 Å². The number of piperidine rings is 1. The van der Waals surface area contributed by atoms with Crippen LogP contribution in [0.15, 0.2) is 41.8 Å². The largest absolute Gasteiger partial charge is 0.399 e. The smallest absolute Gasteiger partial charge is 0.225 e. The molecule has 1 aliphatic carbocycles. The fourth-order valence-corrected chi connectivity index (χ4v) is 4.00. The third kappa shape index (κ3) is 4.61. The van der Waals surface area contributed by atoms with Crippen LogP contribution in [0.2, 0.25) is 0 Å². The van der Waals surface area contributed by atoms with Crippen LogP contribution in [0.5, 0.6) is 0 Å². The zero-order valence-electron chi connectivity index (χ0n) is 16.6. The second-order valence-corrected chi connectivity index (χ2v) is 7.95. The molecule has 28 heavy (non-hydrogen) atoms. The Morgan fingerprint density at radius 3 is 2.29 bits per heavy atom. The van der Waals surface area contributed by atoms with E-state index >= 15 is 0 Å². The van der Waals surface area contributed by atoms with Crippen molar-refractivity contribution in [3.63, 3.8) is 0 Å². The minimum Gasteiger partial charge on any atom is -0.399 e. The summed E-state index contributed by atoms with van der Waals surface area (Å²) in [5.74, 6) is 1.42. The zero-order chi connectivity index (χ0) is 19.3. The highest BCUT2D eigenvalue weighted by atomic mass is 16.6. The van der Waals surface area contributed by atoms with Crippen LogP contribution in [0.25, 0.3) is 0 Å². The molecule has 148 valence electrons. The zero-order valence-corrected chi connectivity index (χ0v) is 16.6. The van der Waals surface area contributed by atoms with Gasteiger partial charge in [0.25, 0.3) is 0 Å². The van der Waals surface area contributed by atoms with Gasteiger partial charge in [-0.15, -0.1) is 0 Å². The summed E-state index contributed by atoms with van der Waals surface area (Å²) in [5.41, 5.74) is 10.3. The first-order valence-electron chi connectivity index (χ1n) is 10.3. The number of anilines is 2. The Morgan fingerprint density at radius 1 is 1.00 bits per heavy atom. The van der Waals surface area contributed by atoms with E-state index in [1.54, 1.807) is 0 Å². The molecule has 0 unspecified atom stereocenters. The first-order chi connectivity index (χ1) is 13.7. The van der Waals surface area contributed by atoms with Crippen molar-refractivity contribution in [3.8, 4) is 0 Å². The van der Waals surface area contributed by atoms with Crippen LogP contribution in [0.3, 0.4) is 0 Å². The first kappa shape index (κ1) is 18.7. The van der Waals surface area contributed by atoms with E-state index in [9.17, 15) is 0 Å². The highest BCUT2D eigenvalue weighted by Gasteiger charge is 2.23. The van der Waals surface area contributed by atoms with Crippen LogP contribution in [-0.4, -0.2) is 34.9 Å². The number of nitrogens with zero attached hydrogens (tertiary/aromatic N) is 4. The van der Waals surface area contributed by atoms with Gasteiger partial charge in [0, 0.05) is 44.0 Å². The Morgan fingerprint density at radius 2 is 1.64 bits per heavy atom. The number of aryl methyl sites for hydroxylation is 1. The van der Waals surface area contributed by atoms with E-state index in [0.717, 1.165) is 68.8 Å². The highest BCUT2D eigenvalue weighted by Crippen LogP contribution is 2.32. The van der Waals surface area contributed by atoms with Crippen molar-refractivity contribution >= 4 is 17.3 Å². The molecule has 0 spiro atoms. The van der Waals surface area contributed by atoms with Crippen LogP contribution in [0.1, 0.15) is 55.6 Å². The fraction of sp³-hybridized carbons (Fsp3) is 0.500. The topological polar surface area (TPSA) is 76.6 Å². The first-order valence-corrected chi connectivity index (χ1v) is 10.3. The molecule has 0 radical (unpaired) electrons. The molecule has 1 saturated heterocycles. The number of rotatable bonds is 4. The molecule has 1 saturated carbocycles. The van der Waals surface area contributed by atoms with Crippen LogP contribution in [0.4, 0.5) is 11.6 Å². The Hall–Kier alpha value is -2.63. The van der Waals surface area contributed by atoms with Crippen LogP contribution in [-0.2, 0) is 4.84 Å². The number of hydrogen-bond donors (Lipinski definition) is 1. The van der Waals surface area contributed by atoms with Gasteiger partial charge in [-0.2, -0.15) is 0 Å². The number of hydrogen-bond acceptors (Lipinski definition) is 6. The molecule has 2 fully saturated rings. The molecule has 0 amide bonds. The fourth-order valence-electron chi connectivity index (χ4n) is 4.00. The monoisotopic (exact) mass is 379 g/mol. The molecule has 1 aromatic carbocycles. The maximum Gasteiger partial charge on any atom is 0.225 e. The number of benzene rings is 1. The van der Waals surface area contributed by atoms with Crippen molar-refractivity contribution in [1.29, 1.82) is 0 Å². The SMILES string of the molecule is Cc1cnc(N2CCC(ON=C3CCC(c4ccc(N)cc4)CC3)CC2)nc1. The highest BCUT2D eigenvalue weighted by molar-refractivity contribution is 5.84. The van der Waals surface area contributed by atoms with E-state index in [1.807, 2.05) is 31.5 Å². The molecule has 6 nitrogen and oxygen atoms in total. The molecule has 2 aromatic rings. The molecular weight excluding hydrogens is 350 g/mol. The van der Waals surface area contributed by atoms with Crippen LogP contribution < -0.4 is 10.6 Å². The summed E-state index contributed by atoms with van der Waals surface area (Å²) in [6.07, 6.45) is 10.2. The Balaban J connectivity index is 1.22. The summed E-state index contributed by atoms with van der Waals surface area (Å²) in [6.45, 7) is 3.84. The van der Waals surface area contributed by atoms with Gasteiger partial charge in [-0.1, -0.05) is 17.3 Å². The van der Waals surface area contributed by atoms with E-state index in [0.29, 0.717) is 5.92 Å². The number of oxime groups is 1. The molecule has 1 aliphatic heterocycles. The Bertz CT molecular complexity index is 785. The normalized spacial score (nSPS) is 20.8. The van der Waals surface area contributed by atoms with Gasteiger partial charge in [0.15, 0.2) is 0 Å². The molecule has 0 atom stereocenters. The number of aromatic nitrogens is 2. The minimum absolute atomic E-state index is 0.198. The average Bonchev–Trinajstić information content (AvgIpc) is 2.74. The molecular formula is C22H29N5O. The van der Waals surface area contributed by atoms with Gasteiger partial charge in [-0.25, -0.2) is 9.97 Å². The second-order valence-electron chi connectivity index (χ2n) is 7.95. The van der Waals surface area contributed by atoms with E-state index in [4.69, 9.17) is 10.6 Å². The Kier molecular flexibility index (Phi) is 5.74. The summed E-state index contributed by atoms with van der Waals surface area (Å²) in [6, 6.07) is 8.31. The summed E-state index contributed by atoms with van der Waals surface area (Å²) in [4.78, 5) is 17.0. The summed E-state index contributed by atoms with van der Waals surface area (Å²) < 4.78 is 0. The lowest BCUT2D eigenvalue weighted by atomic mass is 9.83. The molecule has 2 N–H and O–H groups in total. The minimum atomic E-state index is 0.198. The van der Waals surface area contributed by atoms with Gasteiger partial charge in [-0.05, 0) is 61.8 Å². The van der Waals surface area contributed by atoms with E-state index in [2.05, 4.69) is 32.2 Å². The van der Waals surface area contributed by atoms with Gasteiger partial charge >= 0.3 is 0 Å². The maximum atomic E-state index is 5.89. The van der Waals surface area contributed by atoms with Crippen LogP contribution in [0, 0.1) is 6.92 Å². The standard InChI is InChI=1S/C22H29N5O/c1-16-14-24-22(25-15-16)27-12-10-21(11-13-27)28-26-20-8-4-18(5-9-20)17-2-6-19(23)7-3-17/h2-3,6-7,14-15,18,21H,4-5,8-13,23H2,1H3. The van der Waals surface area contributed by atoms with Gasteiger partial charge in [0.1, 0.15) is 6.10 Å². The van der Waals surface area contributed by atoms with Crippen molar-refractivity contribution in [2.75, 3.05) is 23.7 Å². The molecule has 4 rings (SSSR count). The molecule has 6 heteroatoms. The van der Waals surface area contributed by atoms with Crippen molar-refractivity contribution in [3.05, 3.63) is 47.8 Å². The van der Waals surface area contributed by atoms with E-state index < -0.39 is 0 Å². The van der Waals surface area contributed by atoms with Crippen molar-refractivity contribution in [2.24, 2.45) is 5.16 Å². The maximum absolute atomic E-state index is 5.89. The third-order valence-corrected chi connectivity index (χ3v) is 5.79. The predicted molar refractivity (Wildman–Crippen MR) is 113 cm³/mol. The lowest BCUT2D eigenvalue weighted by molar-refractivity contribution is 0.0406. The van der Waals surface area contributed by atoms with Crippen LogP contribution >= 0.6 is 0 Å². The van der Waals surface area contributed by atoms with E-state index in [1.165, 1.54) is 11.3 Å². The lowest BCUT2D eigenvalue weighted by Crippen LogP contribution is -2.37. The summed E-state index contributed by atoms with van der Waals surface area (Å²) in [5, 5.41) is 4.51. The van der Waals surface area contributed by atoms with Gasteiger partial charge in [-0.3, -0.25) is 0 Å². The van der Waals surface area contributed by atoms with Crippen molar-refractivity contribution < 1.29 is 4.84 Å². The predicted octanol–water partition coefficient (Wildman–Crippen LogP) is 4.07. The average molecular weight is 380 g/mol. The van der Waals surface area contributed by atoms with Crippen molar-refractivity contribution in [2.45, 2.75) is 57.5 Å². The number of nitrogens with two attached hydrogens (primary N) is 1. The van der Waals surface area contributed by atoms with Crippen molar-refractivity contribution in [1.82, 2.24) is 9.97 Å². The second kappa shape index (κ2) is 8.59. The quantitative estimate of drug-likeness (QED) is 0.640.